The first-order valence-corrected chi connectivity index (χ1v) is 7.17. The van der Waals surface area contributed by atoms with Crippen LogP contribution in [0.2, 0.25) is 0 Å². The van der Waals surface area contributed by atoms with Gasteiger partial charge in [0.05, 0.1) is 0 Å². The molecule has 0 aromatic heterocycles. The molecule has 0 aliphatic carbocycles. The van der Waals surface area contributed by atoms with Gasteiger partial charge in [0.1, 0.15) is 0 Å². The Bertz CT molecular complexity index is 187. The lowest BCUT2D eigenvalue weighted by molar-refractivity contribution is 0.102. The van der Waals surface area contributed by atoms with E-state index in [1.165, 1.54) is 51.6 Å². The molecular weight excluding hydrogens is 196 g/mol. The molecule has 0 spiro atoms. The van der Waals surface area contributed by atoms with Gasteiger partial charge in [0.15, 0.2) is 0 Å². The van der Waals surface area contributed by atoms with Crippen molar-refractivity contribution in [3.63, 3.8) is 0 Å². The van der Waals surface area contributed by atoms with Crippen LogP contribution in [0.1, 0.15) is 59.3 Å². The van der Waals surface area contributed by atoms with Gasteiger partial charge in [-0.3, -0.25) is 4.90 Å². The van der Waals surface area contributed by atoms with Crippen LogP contribution in [-0.2, 0) is 0 Å². The van der Waals surface area contributed by atoms with Crippen LogP contribution in [-0.4, -0.2) is 30.1 Å². The van der Waals surface area contributed by atoms with Gasteiger partial charge in [0, 0.05) is 18.6 Å². The second kappa shape index (κ2) is 6.61. The average molecular weight is 226 g/mol. The Labute approximate surface area is 102 Å². The molecule has 1 saturated heterocycles. The van der Waals surface area contributed by atoms with E-state index in [-0.39, 0.29) is 0 Å². The summed E-state index contributed by atoms with van der Waals surface area (Å²) in [5.41, 5.74) is 6.36. The van der Waals surface area contributed by atoms with E-state index in [4.69, 9.17) is 5.73 Å². The minimum atomic E-state index is 0.303. The molecule has 2 N–H and O–H groups in total. The number of likely N-dealkylation sites (tertiary alicyclic amines) is 1. The van der Waals surface area contributed by atoms with E-state index in [9.17, 15) is 0 Å². The fourth-order valence-electron chi connectivity index (χ4n) is 3.31. The summed E-state index contributed by atoms with van der Waals surface area (Å²) in [5, 5.41) is 0. The molecule has 0 saturated carbocycles. The number of rotatable bonds is 7. The molecule has 1 rings (SSSR count). The van der Waals surface area contributed by atoms with E-state index < -0.39 is 0 Å². The first-order chi connectivity index (χ1) is 7.72. The fraction of sp³-hybridized carbons (Fsp3) is 1.00. The van der Waals surface area contributed by atoms with Crippen molar-refractivity contribution in [3.05, 3.63) is 0 Å². The zero-order chi connectivity index (χ0) is 12.0. The van der Waals surface area contributed by atoms with Gasteiger partial charge < -0.3 is 5.73 Å². The van der Waals surface area contributed by atoms with Crippen LogP contribution in [0, 0.1) is 5.92 Å². The van der Waals surface area contributed by atoms with E-state index in [1.807, 2.05) is 0 Å². The van der Waals surface area contributed by atoms with Crippen molar-refractivity contribution in [2.45, 2.75) is 64.8 Å². The second-order valence-electron chi connectivity index (χ2n) is 5.42. The minimum absolute atomic E-state index is 0.303. The zero-order valence-electron chi connectivity index (χ0n) is 11.5. The summed E-state index contributed by atoms with van der Waals surface area (Å²) in [6.07, 6.45) is 7.83. The number of hydrogen-bond acceptors (Lipinski definition) is 2. The Morgan fingerprint density at radius 3 is 2.50 bits per heavy atom. The summed E-state index contributed by atoms with van der Waals surface area (Å²) in [4.78, 5) is 2.69. The van der Waals surface area contributed by atoms with Crippen molar-refractivity contribution in [1.29, 1.82) is 0 Å². The highest BCUT2D eigenvalue weighted by Crippen LogP contribution is 2.32. The lowest BCUT2D eigenvalue weighted by Crippen LogP contribution is -2.52. The molecule has 16 heavy (non-hydrogen) atoms. The Morgan fingerprint density at radius 2 is 2.00 bits per heavy atom. The van der Waals surface area contributed by atoms with Gasteiger partial charge >= 0.3 is 0 Å². The van der Waals surface area contributed by atoms with E-state index in [1.54, 1.807) is 0 Å². The molecule has 0 aromatic carbocycles. The summed E-state index contributed by atoms with van der Waals surface area (Å²) in [7, 11) is 0. The fourth-order valence-corrected chi connectivity index (χ4v) is 3.31. The maximum absolute atomic E-state index is 6.06. The van der Waals surface area contributed by atoms with Crippen molar-refractivity contribution < 1.29 is 0 Å². The summed E-state index contributed by atoms with van der Waals surface area (Å²) in [6.45, 7) is 10.3. The molecule has 1 fully saturated rings. The quantitative estimate of drug-likeness (QED) is 0.723. The largest absolute Gasteiger partial charge is 0.329 e. The van der Waals surface area contributed by atoms with Gasteiger partial charge in [-0.15, -0.1) is 0 Å². The van der Waals surface area contributed by atoms with Crippen LogP contribution in [0.5, 0.6) is 0 Å². The highest BCUT2D eigenvalue weighted by molar-refractivity contribution is 4.94. The number of nitrogens with two attached hydrogens (primary N) is 1. The molecule has 2 unspecified atom stereocenters. The zero-order valence-corrected chi connectivity index (χ0v) is 11.5. The van der Waals surface area contributed by atoms with Gasteiger partial charge in [-0.05, 0) is 38.1 Å². The SMILES string of the molecule is CCCC1CCN(C(CC)(CN)CCC)C1. The van der Waals surface area contributed by atoms with Crippen molar-refractivity contribution in [2.24, 2.45) is 11.7 Å². The van der Waals surface area contributed by atoms with Crippen molar-refractivity contribution >= 4 is 0 Å². The Morgan fingerprint density at radius 1 is 1.25 bits per heavy atom. The molecule has 2 atom stereocenters. The lowest BCUT2D eigenvalue weighted by Gasteiger charge is -2.41. The third-order valence-electron chi connectivity index (χ3n) is 4.41. The average Bonchev–Trinajstić information content (AvgIpc) is 2.76. The molecule has 2 heteroatoms. The van der Waals surface area contributed by atoms with Crippen molar-refractivity contribution in [1.82, 2.24) is 4.90 Å². The maximum atomic E-state index is 6.06. The monoisotopic (exact) mass is 226 g/mol. The highest BCUT2D eigenvalue weighted by Gasteiger charge is 2.37. The van der Waals surface area contributed by atoms with Crippen LogP contribution in [0.25, 0.3) is 0 Å². The third kappa shape index (κ3) is 2.98. The first kappa shape index (κ1) is 14.0. The normalized spacial score (nSPS) is 25.9. The predicted molar refractivity (Wildman–Crippen MR) is 71.6 cm³/mol. The van der Waals surface area contributed by atoms with Gasteiger partial charge in [-0.25, -0.2) is 0 Å². The Hall–Kier alpha value is -0.0800. The van der Waals surface area contributed by atoms with Crippen LogP contribution in [0.15, 0.2) is 0 Å². The van der Waals surface area contributed by atoms with Crippen LogP contribution >= 0.6 is 0 Å². The minimum Gasteiger partial charge on any atom is -0.329 e. The van der Waals surface area contributed by atoms with Gasteiger partial charge in [0.2, 0.25) is 0 Å². The van der Waals surface area contributed by atoms with Crippen molar-refractivity contribution in [3.8, 4) is 0 Å². The molecule has 0 aromatic rings. The lowest BCUT2D eigenvalue weighted by atomic mass is 9.88. The number of nitrogens with zero attached hydrogens (tertiary/aromatic N) is 1. The van der Waals surface area contributed by atoms with E-state index in [2.05, 4.69) is 25.7 Å². The van der Waals surface area contributed by atoms with Crippen molar-refractivity contribution in [2.75, 3.05) is 19.6 Å². The first-order valence-electron chi connectivity index (χ1n) is 7.17. The molecule has 1 aliphatic heterocycles. The molecule has 0 bridgehead atoms. The summed E-state index contributed by atoms with van der Waals surface area (Å²) < 4.78 is 0. The molecule has 0 amide bonds. The summed E-state index contributed by atoms with van der Waals surface area (Å²) in [6, 6.07) is 0. The van der Waals surface area contributed by atoms with Crippen LogP contribution in [0.4, 0.5) is 0 Å². The van der Waals surface area contributed by atoms with Gasteiger partial charge in [-0.2, -0.15) is 0 Å². The third-order valence-corrected chi connectivity index (χ3v) is 4.41. The molecule has 96 valence electrons. The summed E-state index contributed by atoms with van der Waals surface area (Å²) >= 11 is 0. The highest BCUT2D eigenvalue weighted by atomic mass is 15.2. The van der Waals surface area contributed by atoms with Crippen LogP contribution in [0.3, 0.4) is 0 Å². The molecular formula is C14H30N2. The van der Waals surface area contributed by atoms with Gasteiger partial charge in [0.25, 0.3) is 0 Å². The Kier molecular flexibility index (Phi) is 5.77. The predicted octanol–water partition coefficient (Wildman–Crippen LogP) is 3.02. The molecule has 0 radical (unpaired) electrons. The summed E-state index contributed by atoms with van der Waals surface area (Å²) in [5.74, 6) is 0.930. The molecule has 1 heterocycles. The molecule has 2 nitrogen and oxygen atoms in total. The van der Waals surface area contributed by atoms with E-state index >= 15 is 0 Å². The van der Waals surface area contributed by atoms with Crippen LogP contribution < -0.4 is 5.73 Å². The standard InChI is InChI=1S/C14H30N2/c1-4-7-13-8-10-16(11-13)14(6-3,12-15)9-5-2/h13H,4-12,15H2,1-3H3. The maximum Gasteiger partial charge on any atom is 0.0329 e. The Balaban J connectivity index is 2.59. The topological polar surface area (TPSA) is 29.3 Å². The van der Waals surface area contributed by atoms with E-state index in [0.717, 1.165) is 12.5 Å². The number of hydrogen-bond donors (Lipinski definition) is 1. The van der Waals surface area contributed by atoms with E-state index in [0.29, 0.717) is 5.54 Å². The smallest absolute Gasteiger partial charge is 0.0329 e. The molecule has 1 aliphatic rings. The van der Waals surface area contributed by atoms with Gasteiger partial charge in [-0.1, -0.05) is 33.6 Å². The second-order valence-corrected chi connectivity index (χ2v) is 5.42.